The van der Waals surface area contributed by atoms with E-state index < -0.39 is 15.9 Å². The molecule has 1 aliphatic heterocycles. The Morgan fingerprint density at radius 3 is 2.53 bits per heavy atom. The Morgan fingerprint density at radius 2 is 1.81 bits per heavy atom. The number of hydrogen-bond donors (Lipinski definition) is 1. The molecule has 1 aliphatic rings. The number of rotatable bonds is 5. The molecule has 0 spiro atoms. The quantitative estimate of drug-likeness (QED) is 0.607. The van der Waals surface area contributed by atoms with Crippen LogP contribution in [0.25, 0.3) is 11.4 Å². The Bertz CT molecular complexity index is 1250. The highest BCUT2D eigenvalue weighted by Crippen LogP contribution is 2.26. The van der Waals surface area contributed by atoms with Crippen molar-refractivity contribution < 1.29 is 13.2 Å². The van der Waals surface area contributed by atoms with Gasteiger partial charge in [-0.25, -0.2) is 12.7 Å². The molecule has 2 heterocycles. The Labute approximate surface area is 192 Å². The Balaban J connectivity index is 1.55. The minimum absolute atomic E-state index is 0.0000954. The molecule has 4 rings (SSSR count). The molecule has 0 atom stereocenters. The molecule has 1 aromatic heterocycles. The van der Waals surface area contributed by atoms with Crippen molar-refractivity contribution in [2.45, 2.75) is 37.1 Å². The number of carbonyl (C=O) groups is 1. The third-order valence-corrected chi connectivity index (χ3v) is 7.61. The molecule has 0 unspecified atom stereocenters. The smallest absolute Gasteiger partial charge is 0.257 e. The first-order chi connectivity index (χ1) is 15.3. The van der Waals surface area contributed by atoms with Gasteiger partial charge in [-0.1, -0.05) is 18.0 Å². The third-order valence-electron chi connectivity index (χ3n) is 5.47. The van der Waals surface area contributed by atoms with Crippen LogP contribution in [0.4, 0.5) is 5.69 Å². The fraction of sp³-hybridized carbons (Fsp3) is 0.318. The van der Waals surface area contributed by atoms with Gasteiger partial charge in [0.25, 0.3) is 5.91 Å². The third kappa shape index (κ3) is 4.41. The highest BCUT2D eigenvalue weighted by atomic mass is 35.5. The molecule has 1 N–H and O–H groups in total. The van der Waals surface area contributed by atoms with Gasteiger partial charge in [0.1, 0.15) is 5.82 Å². The number of benzene rings is 2. The molecule has 8 nitrogen and oxygen atoms in total. The standard InChI is InChI=1S/C22H24ClN5O3S/c1-27(2)32(30,31)17-11-12-19(23)18(14-17)22(29)24-16-9-7-15(8-10-16)21-26-25-20-6-4-3-5-13-28(20)21/h7-12,14H,3-6,13H2,1-2H3,(H,24,29). The van der Waals surface area contributed by atoms with E-state index in [4.69, 9.17) is 11.6 Å². The van der Waals surface area contributed by atoms with Gasteiger partial charge < -0.3 is 9.88 Å². The lowest BCUT2D eigenvalue weighted by molar-refractivity contribution is 0.102. The zero-order chi connectivity index (χ0) is 22.9. The average Bonchev–Trinajstić information content (AvgIpc) is 3.02. The van der Waals surface area contributed by atoms with Crippen LogP contribution in [0.15, 0.2) is 47.4 Å². The van der Waals surface area contributed by atoms with Crippen molar-refractivity contribution in [3.8, 4) is 11.4 Å². The average molecular weight is 474 g/mol. The summed E-state index contributed by atoms with van der Waals surface area (Å²) in [5.41, 5.74) is 1.56. The lowest BCUT2D eigenvalue weighted by Gasteiger charge is -2.13. The topological polar surface area (TPSA) is 97.2 Å². The highest BCUT2D eigenvalue weighted by Gasteiger charge is 2.21. The van der Waals surface area contributed by atoms with Crippen LogP contribution in [0.5, 0.6) is 0 Å². The molecule has 0 saturated heterocycles. The van der Waals surface area contributed by atoms with Gasteiger partial charge in [-0.15, -0.1) is 10.2 Å². The second-order valence-electron chi connectivity index (χ2n) is 7.86. The monoisotopic (exact) mass is 473 g/mol. The van der Waals surface area contributed by atoms with Crippen LogP contribution in [0.3, 0.4) is 0 Å². The van der Waals surface area contributed by atoms with Crippen LogP contribution >= 0.6 is 11.6 Å². The van der Waals surface area contributed by atoms with E-state index >= 15 is 0 Å². The first-order valence-corrected chi connectivity index (χ1v) is 12.1. The normalized spacial score (nSPS) is 14.1. The maximum absolute atomic E-state index is 12.8. The molecular weight excluding hydrogens is 450 g/mol. The number of aromatic nitrogens is 3. The van der Waals surface area contributed by atoms with E-state index in [1.54, 1.807) is 12.1 Å². The molecule has 10 heteroatoms. The number of sulfonamides is 1. The van der Waals surface area contributed by atoms with E-state index in [1.165, 1.54) is 38.7 Å². The fourth-order valence-electron chi connectivity index (χ4n) is 3.65. The fourth-order valence-corrected chi connectivity index (χ4v) is 4.78. The molecular formula is C22H24ClN5O3S. The zero-order valence-electron chi connectivity index (χ0n) is 17.9. The lowest BCUT2D eigenvalue weighted by Crippen LogP contribution is -2.23. The number of nitrogens with zero attached hydrogens (tertiary/aromatic N) is 4. The number of carbonyl (C=O) groups excluding carboxylic acids is 1. The summed E-state index contributed by atoms with van der Waals surface area (Å²) in [7, 11) is -0.824. The second kappa shape index (κ2) is 9.01. The van der Waals surface area contributed by atoms with E-state index in [0.29, 0.717) is 5.69 Å². The predicted octanol–water partition coefficient (Wildman–Crippen LogP) is 3.83. The molecule has 1 amide bonds. The summed E-state index contributed by atoms with van der Waals surface area (Å²) in [6.07, 6.45) is 4.36. The van der Waals surface area contributed by atoms with Crippen LogP contribution in [-0.2, 0) is 23.0 Å². The highest BCUT2D eigenvalue weighted by molar-refractivity contribution is 7.89. The number of aryl methyl sites for hydroxylation is 1. The lowest BCUT2D eigenvalue weighted by atomic mass is 10.1. The van der Waals surface area contributed by atoms with E-state index in [1.807, 2.05) is 12.1 Å². The van der Waals surface area contributed by atoms with E-state index in [2.05, 4.69) is 20.1 Å². The molecule has 0 fully saturated rings. The van der Waals surface area contributed by atoms with Crippen molar-refractivity contribution in [2.75, 3.05) is 19.4 Å². The summed E-state index contributed by atoms with van der Waals surface area (Å²) in [5, 5.41) is 11.6. The molecule has 0 saturated carbocycles. The summed E-state index contributed by atoms with van der Waals surface area (Å²) >= 11 is 6.17. The first-order valence-electron chi connectivity index (χ1n) is 10.3. The van der Waals surface area contributed by atoms with E-state index in [-0.39, 0.29) is 15.5 Å². The Kier molecular flexibility index (Phi) is 6.32. The second-order valence-corrected chi connectivity index (χ2v) is 10.4. The SMILES string of the molecule is CN(C)S(=O)(=O)c1ccc(Cl)c(C(=O)Nc2ccc(-c3nnc4n3CCCCC4)cc2)c1. The number of hydrogen-bond acceptors (Lipinski definition) is 5. The summed E-state index contributed by atoms with van der Waals surface area (Å²) in [6.45, 7) is 0.904. The van der Waals surface area contributed by atoms with Crippen molar-refractivity contribution in [3.63, 3.8) is 0 Å². The minimum atomic E-state index is -3.68. The van der Waals surface area contributed by atoms with Gasteiger partial charge in [0.2, 0.25) is 10.0 Å². The number of fused-ring (bicyclic) bond motifs is 1. The summed E-state index contributed by atoms with van der Waals surface area (Å²) in [5.74, 6) is 1.34. The molecule has 3 aromatic rings. The van der Waals surface area contributed by atoms with Crippen LogP contribution in [0.1, 0.15) is 35.4 Å². The molecule has 2 aromatic carbocycles. The molecule has 0 radical (unpaired) electrons. The molecule has 0 aliphatic carbocycles. The molecule has 32 heavy (non-hydrogen) atoms. The van der Waals surface area contributed by atoms with Gasteiger partial charge >= 0.3 is 0 Å². The number of anilines is 1. The van der Waals surface area contributed by atoms with E-state index in [0.717, 1.165) is 47.3 Å². The summed E-state index contributed by atoms with van der Waals surface area (Å²) < 4.78 is 28.0. The zero-order valence-corrected chi connectivity index (χ0v) is 19.4. The predicted molar refractivity (Wildman–Crippen MR) is 123 cm³/mol. The minimum Gasteiger partial charge on any atom is -0.322 e. The van der Waals surface area contributed by atoms with Gasteiger partial charge in [0, 0.05) is 38.3 Å². The first kappa shape index (κ1) is 22.4. The molecule has 168 valence electrons. The van der Waals surface area contributed by atoms with Crippen molar-refractivity contribution in [2.24, 2.45) is 0 Å². The van der Waals surface area contributed by atoms with Crippen molar-refractivity contribution >= 4 is 33.2 Å². The largest absolute Gasteiger partial charge is 0.322 e. The van der Waals surface area contributed by atoms with Crippen LogP contribution in [0.2, 0.25) is 5.02 Å². The van der Waals surface area contributed by atoms with Crippen LogP contribution in [0, 0.1) is 0 Å². The van der Waals surface area contributed by atoms with Crippen LogP contribution in [-0.4, -0.2) is 47.5 Å². The molecule has 0 bridgehead atoms. The maximum Gasteiger partial charge on any atom is 0.257 e. The van der Waals surface area contributed by atoms with Gasteiger partial charge in [-0.3, -0.25) is 4.79 Å². The van der Waals surface area contributed by atoms with Gasteiger partial charge in [-0.05, 0) is 55.3 Å². The van der Waals surface area contributed by atoms with Gasteiger partial charge in [0.15, 0.2) is 5.82 Å². The number of nitrogens with one attached hydrogen (secondary N) is 1. The maximum atomic E-state index is 12.8. The van der Waals surface area contributed by atoms with E-state index in [9.17, 15) is 13.2 Å². The summed E-state index contributed by atoms with van der Waals surface area (Å²) in [6, 6.07) is 11.4. The Hall–Kier alpha value is -2.75. The van der Waals surface area contributed by atoms with Crippen molar-refractivity contribution in [3.05, 3.63) is 58.9 Å². The van der Waals surface area contributed by atoms with Gasteiger partial charge in [-0.2, -0.15) is 0 Å². The Morgan fingerprint density at radius 1 is 1.06 bits per heavy atom. The number of amides is 1. The number of halogens is 1. The van der Waals surface area contributed by atoms with Gasteiger partial charge in [0.05, 0.1) is 15.5 Å². The van der Waals surface area contributed by atoms with Crippen molar-refractivity contribution in [1.29, 1.82) is 0 Å². The van der Waals surface area contributed by atoms with Crippen LogP contribution < -0.4 is 5.32 Å². The van der Waals surface area contributed by atoms with Crippen molar-refractivity contribution in [1.82, 2.24) is 19.1 Å². The summed E-state index contributed by atoms with van der Waals surface area (Å²) in [4.78, 5) is 12.8.